The molecule has 0 N–H and O–H groups in total. The number of rotatable bonds is 5. The summed E-state index contributed by atoms with van der Waals surface area (Å²) in [6, 6.07) is 26.0. The van der Waals surface area contributed by atoms with E-state index >= 15 is 0 Å². The van der Waals surface area contributed by atoms with Crippen LogP contribution in [0, 0.1) is 0 Å². The maximum Gasteiger partial charge on any atom is 0.299 e. The zero-order chi connectivity index (χ0) is 18.6. The van der Waals surface area contributed by atoms with Gasteiger partial charge in [0, 0.05) is 18.0 Å². The minimum absolute atomic E-state index is 0.326. The molecule has 2 aromatic heterocycles. The molecule has 2 aromatic carbocycles. The number of fused-ring (bicyclic) bond motifs is 1. The number of nitrogens with zero attached hydrogens (tertiary/aromatic N) is 2. The molecule has 0 aliphatic rings. The first kappa shape index (κ1) is 16.8. The summed E-state index contributed by atoms with van der Waals surface area (Å²) in [5, 5.41) is 0. The fourth-order valence-corrected chi connectivity index (χ4v) is 3.14. The van der Waals surface area contributed by atoms with Gasteiger partial charge in [-0.25, -0.2) is 0 Å². The monoisotopic (exact) mass is 354 g/mol. The average molecular weight is 354 g/mol. The third-order valence-corrected chi connectivity index (χ3v) is 4.50. The van der Waals surface area contributed by atoms with Crippen molar-refractivity contribution >= 4 is 22.9 Å². The van der Waals surface area contributed by atoms with E-state index in [9.17, 15) is 9.59 Å². The highest BCUT2D eigenvalue weighted by atomic mass is 16.2. The predicted octanol–water partition coefficient (Wildman–Crippen LogP) is 4.36. The molecule has 0 bridgehead atoms. The molecular weight excluding hydrogens is 336 g/mol. The Labute approximate surface area is 157 Å². The maximum absolute atomic E-state index is 13.2. The average Bonchev–Trinajstić information content (AvgIpc) is 3.16. The molecule has 0 saturated heterocycles. The van der Waals surface area contributed by atoms with Crippen molar-refractivity contribution in [3.05, 3.63) is 108 Å². The van der Waals surface area contributed by atoms with Crippen molar-refractivity contribution in [2.75, 3.05) is 4.90 Å². The van der Waals surface area contributed by atoms with E-state index in [0.29, 0.717) is 17.8 Å². The van der Waals surface area contributed by atoms with Gasteiger partial charge in [-0.05, 0) is 23.8 Å². The van der Waals surface area contributed by atoms with Gasteiger partial charge in [-0.15, -0.1) is 0 Å². The summed E-state index contributed by atoms with van der Waals surface area (Å²) in [4.78, 5) is 27.5. The lowest BCUT2D eigenvalue weighted by Gasteiger charge is -2.22. The molecule has 0 aliphatic heterocycles. The van der Waals surface area contributed by atoms with Crippen LogP contribution in [-0.2, 0) is 11.3 Å². The molecule has 0 spiro atoms. The fraction of sp³-hybridized carbons (Fsp3) is 0.0435. The Morgan fingerprint density at radius 3 is 2.15 bits per heavy atom. The number of anilines is 1. The Morgan fingerprint density at radius 2 is 1.41 bits per heavy atom. The van der Waals surface area contributed by atoms with Crippen molar-refractivity contribution in [1.29, 1.82) is 0 Å². The van der Waals surface area contributed by atoms with E-state index in [1.54, 1.807) is 29.2 Å². The van der Waals surface area contributed by atoms with Crippen LogP contribution in [0.3, 0.4) is 0 Å². The molecule has 0 atom stereocenters. The van der Waals surface area contributed by atoms with Gasteiger partial charge >= 0.3 is 0 Å². The highest BCUT2D eigenvalue weighted by Gasteiger charge is 2.26. The number of hydrogen-bond donors (Lipinski definition) is 0. The minimum Gasteiger partial charge on any atom is -0.322 e. The Morgan fingerprint density at radius 1 is 0.741 bits per heavy atom. The number of Topliss-reactive ketones (excluding diaryl/α,β-unsaturated/α-hetero) is 1. The topological polar surface area (TPSA) is 41.8 Å². The summed E-state index contributed by atoms with van der Waals surface area (Å²) in [5.74, 6) is -1.05. The predicted molar refractivity (Wildman–Crippen MR) is 106 cm³/mol. The van der Waals surface area contributed by atoms with Gasteiger partial charge in [-0.1, -0.05) is 66.7 Å². The summed E-state index contributed by atoms with van der Waals surface area (Å²) in [6.45, 7) is 0.326. The van der Waals surface area contributed by atoms with E-state index < -0.39 is 11.7 Å². The summed E-state index contributed by atoms with van der Waals surface area (Å²) in [7, 11) is 0. The third kappa shape index (κ3) is 3.37. The molecule has 4 heteroatoms. The number of pyridine rings is 1. The van der Waals surface area contributed by atoms with Crippen LogP contribution in [0.25, 0.3) is 5.52 Å². The van der Waals surface area contributed by atoms with Crippen molar-refractivity contribution in [2.45, 2.75) is 6.54 Å². The Hall–Kier alpha value is -3.66. The Balaban J connectivity index is 1.76. The largest absolute Gasteiger partial charge is 0.322 e. The smallest absolute Gasteiger partial charge is 0.299 e. The number of amides is 1. The number of hydrogen-bond acceptors (Lipinski definition) is 2. The van der Waals surface area contributed by atoms with E-state index in [1.807, 2.05) is 77.5 Å². The Bertz CT molecular complexity index is 1090. The molecule has 4 aromatic rings. The summed E-state index contributed by atoms with van der Waals surface area (Å²) in [6.07, 6.45) is 3.81. The number of ketones is 1. The molecule has 2 heterocycles. The molecule has 1 amide bonds. The van der Waals surface area contributed by atoms with E-state index in [4.69, 9.17) is 0 Å². The van der Waals surface area contributed by atoms with Crippen molar-refractivity contribution in [3.8, 4) is 0 Å². The molecule has 0 fully saturated rings. The third-order valence-electron chi connectivity index (χ3n) is 4.50. The second-order valence-corrected chi connectivity index (χ2v) is 6.27. The summed E-state index contributed by atoms with van der Waals surface area (Å²) in [5.41, 5.74) is 2.95. The van der Waals surface area contributed by atoms with E-state index in [-0.39, 0.29) is 0 Å². The number of carbonyl (C=O) groups excluding carboxylic acids is 2. The second-order valence-electron chi connectivity index (χ2n) is 6.27. The standard InChI is InChI=1S/C23H18N2O2/c26-22(19-11-5-2-6-12-19)23(27)25(17-18-9-3-1-4-10-18)21-14-16-24-15-8-7-13-20(21)24/h1-16H,17H2. The van der Waals surface area contributed by atoms with Crippen LogP contribution in [0.2, 0.25) is 0 Å². The van der Waals surface area contributed by atoms with Gasteiger partial charge in [0.1, 0.15) is 0 Å². The first-order chi connectivity index (χ1) is 13.2. The van der Waals surface area contributed by atoms with Crippen LogP contribution in [0.4, 0.5) is 5.69 Å². The molecule has 0 aliphatic carbocycles. The molecule has 0 radical (unpaired) electrons. The van der Waals surface area contributed by atoms with Crippen LogP contribution in [0.5, 0.6) is 0 Å². The SMILES string of the molecule is O=C(C(=O)N(Cc1ccccc1)c1ccn2ccccc12)c1ccccc1. The fourth-order valence-electron chi connectivity index (χ4n) is 3.14. The van der Waals surface area contributed by atoms with Gasteiger partial charge in [-0.2, -0.15) is 0 Å². The van der Waals surface area contributed by atoms with Crippen LogP contribution in [0.15, 0.2) is 97.3 Å². The van der Waals surface area contributed by atoms with E-state index in [2.05, 4.69) is 0 Å². The van der Waals surface area contributed by atoms with Gasteiger partial charge in [0.25, 0.3) is 11.7 Å². The van der Waals surface area contributed by atoms with Crippen LogP contribution in [0.1, 0.15) is 15.9 Å². The van der Waals surface area contributed by atoms with Gasteiger partial charge in [0.15, 0.2) is 0 Å². The minimum atomic E-state index is -0.540. The molecule has 0 saturated carbocycles. The first-order valence-corrected chi connectivity index (χ1v) is 8.75. The second kappa shape index (κ2) is 7.30. The van der Waals surface area contributed by atoms with Crippen molar-refractivity contribution in [3.63, 3.8) is 0 Å². The van der Waals surface area contributed by atoms with Crippen molar-refractivity contribution in [1.82, 2.24) is 4.40 Å². The zero-order valence-electron chi connectivity index (χ0n) is 14.7. The van der Waals surface area contributed by atoms with Gasteiger partial charge in [0.05, 0.1) is 17.7 Å². The van der Waals surface area contributed by atoms with Gasteiger partial charge in [-0.3, -0.25) is 14.5 Å². The highest BCUT2D eigenvalue weighted by Crippen LogP contribution is 2.25. The molecular formula is C23H18N2O2. The molecule has 4 rings (SSSR count). The Kier molecular flexibility index (Phi) is 4.54. The van der Waals surface area contributed by atoms with Crippen LogP contribution in [-0.4, -0.2) is 16.1 Å². The van der Waals surface area contributed by atoms with E-state index in [0.717, 1.165) is 11.1 Å². The van der Waals surface area contributed by atoms with Crippen LogP contribution < -0.4 is 4.90 Å². The van der Waals surface area contributed by atoms with Crippen LogP contribution >= 0.6 is 0 Å². The van der Waals surface area contributed by atoms with E-state index in [1.165, 1.54) is 0 Å². The summed E-state index contributed by atoms with van der Waals surface area (Å²) >= 11 is 0. The normalized spacial score (nSPS) is 10.7. The number of aromatic nitrogens is 1. The lowest BCUT2D eigenvalue weighted by Crippen LogP contribution is -2.36. The summed E-state index contributed by atoms with van der Waals surface area (Å²) < 4.78 is 1.94. The highest BCUT2D eigenvalue weighted by molar-refractivity contribution is 6.47. The van der Waals surface area contributed by atoms with Gasteiger partial charge < -0.3 is 4.40 Å². The quantitative estimate of drug-likeness (QED) is 0.395. The molecule has 4 nitrogen and oxygen atoms in total. The lowest BCUT2D eigenvalue weighted by atomic mass is 10.1. The zero-order valence-corrected chi connectivity index (χ0v) is 14.7. The molecule has 27 heavy (non-hydrogen) atoms. The van der Waals surface area contributed by atoms with Gasteiger partial charge in [0.2, 0.25) is 0 Å². The molecule has 0 unspecified atom stereocenters. The number of benzene rings is 2. The number of carbonyl (C=O) groups is 2. The molecule has 132 valence electrons. The maximum atomic E-state index is 13.2. The first-order valence-electron chi connectivity index (χ1n) is 8.75. The van der Waals surface area contributed by atoms with Crippen molar-refractivity contribution in [2.24, 2.45) is 0 Å². The van der Waals surface area contributed by atoms with Crippen molar-refractivity contribution < 1.29 is 9.59 Å². The lowest BCUT2D eigenvalue weighted by molar-refractivity contribution is -0.114.